The summed E-state index contributed by atoms with van der Waals surface area (Å²) in [7, 11) is 0. The third-order valence-electron chi connectivity index (χ3n) is 1.08. The number of rotatable bonds is 0. The van der Waals surface area contributed by atoms with Crippen LogP contribution < -0.4 is 5.73 Å². The van der Waals surface area contributed by atoms with E-state index in [2.05, 4.69) is 15.1 Å². The molecule has 4 nitrogen and oxygen atoms in total. The highest BCUT2D eigenvalue weighted by Gasteiger charge is 2.16. The molecule has 0 saturated carbocycles. The summed E-state index contributed by atoms with van der Waals surface area (Å²) in [5, 5.41) is 3.31. The Balaban J connectivity index is 0.000000140. The molecule has 0 aromatic rings. The summed E-state index contributed by atoms with van der Waals surface area (Å²) in [6.45, 7) is 5.28. The first-order valence-electron chi connectivity index (χ1n) is 3.83. The molecule has 0 bridgehead atoms. The van der Waals surface area contributed by atoms with E-state index in [1.165, 1.54) is 10.7 Å². The van der Waals surface area contributed by atoms with Gasteiger partial charge in [-0.05, 0) is 20.8 Å². The number of nitrogens with two attached hydrogens (primary N) is 1. The van der Waals surface area contributed by atoms with Gasteiger partial charge in [0.15, 0.2) is 0 Å². The predicted octanol–water partition coefficient (Wildman–Crippen LogP) is 2.00. The predicted molar refractivity (Wildman–Crippen MR) is 51.5 cm³/mol. The van der Waals surface area contributed by atoms with E-state index in [4.69, 9.17) is 5.73 Å². The van der Waals surface area contributed by atoms with E-state index >= 15 is 0 Å². The molecule has 0 unspecified atom stereocenters. The van der Waals surface area contributed by atoms with Crippen molar-refractivity contribution in [3.05, 3.63) is 5.38 Å². The van der Waals surface area contributed by atoms with Crippen LogP contribution in [0.2, 0.25) is 0 Å². The molecular weight excluding hydrogens is 188 g/mol. The minimum atomic E-state index is -0.725. The third kappa shape index (κ3) is 3.89. The summed E-state index contributed by atoms with van der Waals surface area (Å²) in [5.41, 5.74) is 5.50. The first-order chi connectivity index (χ1) is 5.88. The molecule has 13 heavy (non-hydrogen) atoms. The SMILES string of the molecule is CC(C)(C)OC(N)=O.c1sc2nc1-2. The summed E-state index contributed by atoms with van der Waals surface area (Å²) in [4.78, 5) is 13.9. The molecule has 0 aliphatic carbocycles. The van der Waals surface area contributed by atoms with Crippen LogP contribution in [0.4, 0.5) is 4.79 Å². The molecule has 0 radical (unpaired) electrons. The molecule has 0 spiro atoms. The van der Waals surface area contributed by atoms with Crippen molar-refractivity contribution in [1.82, 2.24) is 4.98 Å². The Kier molecular flexibility index (Phi) is 2.56. The zero-order chi connectivity index (χ0) is 10.1. The Labute approximate surface area is 80.7 Å². The van der Waals surface area contributed by atoms with Crippen LogP contribution in [-0.2, 0) is 4.74 Å². The molecule has 2 heterocycles. The fraction of sp³-hybridized carbons (Fsp3) is 0.500. The van der Waals surface area contributed by atoms with Crippen LogP contribution in [-0.4, -0.2) is 16.7 Å². The van der Waals surface area contributed by atoms with Crippen molar-refractivity contribution < 1.29 is 9.53 Å². The number of hydrogen-bond donors (Lipinski definition) is 1. The van der Waals surface area contributed by atoms with E-state index in [0.717, 1.165) is 0 Å². The smallest absolute Gasteiger partial charge is 0.405 e. The summed E-state index contributed by atoms with van der Waals surface area (Å²) in [5.74, 6) is 0. The lowest BCUT2D eigenvalue weighted by Gasteiger charge is -2.16. The van der Waals surface area contributed by atoms with E-state index in [1.807, 2.05) is 0 Å². The van der Waals surface area contributed by atoms with Gasteiger partial charge >= 0.3 is 6.09 Å². The maximum atomic E-state index is 10.0. The van der Waals surface area contributed by atoms with E-state index in [-0.39, 0.29) is 0 Å². The minimum Gasteiger partial charge on any atom is -0.444 e. The summed E-state index contributed by atoms with van der Waals surface area (Å²) >= 11 is 1.72. The Morgan fingerprint density at radius 1 is 1.62 bits per heavy atom. The molecule has 0 aromatic heterocycles. The second-order valence-corrected chi connectivity index (χ2v) is 4.43. The Morgan fingerprint density at radius 2 is 2.15 bits per heavy atom. The number of ether oxygens (including phenoxy) is 1. The summed E-state index contributed by atoms with van der Waals surface area (Å²) in [6.07, 6.45) is -0.725. The van der Waals surface area contributed by atoms with Crippen molar-refractivity contribution in [2.24, 2.45) is 5.73 Å². The van der Waals surface area contributed by atoms with Crippen LogP contribution in [0.1, 0.15) is 20.8 Å². The quantitative estimate of drug-likeness (QED) is 0.707. The van der Waals surface area contributed by atoms with Crippen LogP contribution in [0.25, 0.3) is 10.7 Å². The number of primary amides is 1. The fourth-order valence-corrected chi connectivity index (χ4v) is 1.13. The number of aromatic nitrogens is 1. The maximum absolute atomic E-state index is 10.0. The van der Waals surface area contributed by atoms with E-state index in [0.29, 0.717) is 0 Å². The van der Waals surface area contributed by atoms with Crippen LogP contribution >= 0.6 is 11.3 Å². The molecular formula is C8H12N2O2S. The van der Waals surface area contributed by atoms with Crippen molar-refractivity contribution in [3.63, 3.8) is 0 Å². The largest absolute Gasteiger partial charge is 0.444 e. The first-order valence-corrected chi connectivity index (χ1v) is 4.71. The van der Waals surface area contributed by atoms with Crippen molar-refractivity contribution >= 4 is 17.4 Å². The normalized spacial score (nSPS) is 11.3. The van der Waals surface area contributed by atoms with Gasteiger partial charge in [0.1, 0.15) is 16.3 Å². The van der Waals surface area contributed by atoms with E-state index in [1.54, 1.807) is 32.1 Å². The number of carbonyl (C=O) groups is 1. The molecule has 2 rings (SSSR count). The highest BCUT2D eigenvalue weighted by molar-refractivity contribution is 7.17. The average molecular weight is 200 g/mol. The molecule has 72 valence electrons. The van der Waals surface area contributed by atoms with Gasteiger partial charge in [0.05, 0.1) is 0 Å². The fourth-order valence-electron chi connectivity index (χ4n) is 0.600. The van der Waals surface area contributed by atoms with Crippen molar-refractivity contribution in [2.45, 2.75) is 26.4 Å². The van der Waals surface area contributed by atoms with Gasteiger partial charge in [0.2, 0.25) is 0 Å². The van der Waals surface area contributed by atoms with Gasteiger partial charge in [0, 0.05) is 5.38 Å². The van der Waals surface area contributed by atoms with E-state index < -0.39 is 11.7 Å². The highest BCUT2D eigenvalue weighted by Crippen LogP contribution is 2.36. The van der Waals surface area contributed by atoms with Gasteiger partial charge in [-0.3, -0.25) is 0 Å². The summed E-state index contributed by atoms with van der Waals surface area (Å²) in [6, 6.07) is 0. The topological polar surface area (TPSA) is 65.2 Å². The minimum absolute atomic E-state index is 0.453. The first kappa shape index (κ1) is 9.98. The molecule has 0 fully saturated rings. The number of amides is 1. The van der Waals surface area contributed by atoms with Gasteiger partial charge in [-0.25, -0.2) is 9.78 Å². The Morgan fingerprint density at radius 3 is 2.15 bits per heavy atom. The van der Waals surface area contributed by atoms with Crippen molar-refractivity contribution in [2.75, 3.05) is 0 Å². The number of thiazole rings is 1. The van der Waals surface area contributed by atoms with Gasteiger partial charge in [-0.15, -0.1) is 11.3 Å². The molecule has 0 aromatic carbocycles. The van der Waals surface area contributed by atoms with Crippen molar-refractivity contribution in [3.8, 4) is 10.7 Å². The van der Waals surface area contributed by atoms with Gasteiger partial charge in [-0.1, -0.05) is 0 Å². The van der Waals surface area contributed by atoms with Crippen LogP contribution in [0, 0.1) is 0 Å². The van der Waals surface area contributed by atoms with Gasteiger partial charge in [0.25, 0.3) is 0 Å². The average Bonchev–Trinajstić information content (AvgIpc) is 2.32. The number of hydrogen-bond acceptors (Lipinski definition) is 4. The molecule has 0 atom stereocenters. The Hall–Kier alpha value is -1.10. The highest BCUT2D eigenvalue weighted by atomic mass is 32.1. The lowest BCUT2D eigenvalue weighted by molar-refractivity contribution is 0.0600. The molecule has 5 heteroatoms. The van der Waals surface area contributed by atoms with E-state index in [9.17, 15) is 4.79 Å². The maximum Gasteiger partial charge on any atom is 0.405 e. The zero-order valence-corrected chi connectivity index (χ0v) is 8.64. The van der Waals surface area contributed by atoms with Crippen molar-refractivity contribution in [1.29, 1.82) is 0 Å². The zero-order valence-electron chi connectivity index (χ0n) is 7.83. The molecule has 2 N–H and O–H groups in total. The second-order valence-electron chi connectivity index (χ2n) is 3.57. The molecule has 2 aliphatic rings. The van der Waals surface area contributed by atoms with Crippen LogP contribution in [0.5, 0.6) is 0 Å². The van der Waals surface area contributed by atoms with Gasteiger partial charge < -0.3 is 10.5 Å². The van der Waals surface area contributed by atoms with Crippen LogP contribution in [0.15, 0.2) is 5.38 Å². The third-order valence-corrected chi connectivity index (χ3v) is 1.94. The Bertz CT molecular complexity index is 290. The van der Waals surface area contributed by atoms with Gasteiger partial charge in [-0.2, -0.15) is 0 Å². The molecule has 0 saturated heterocycles. The standard InChI is InChI=1S/C5H11NO2.C3HNS/c1-5(2,3)8-4(6)7;1-2-3(4-2)5-1/h1-3H3,(H2,6,7);1H. The lowest BCUT2D eigenvalue weighted by atomic mass is 10.2. The monoisotopic (exact) mass is 200 g/mol. The second kappa shape index (κ2) is 3.33. The number of nitrogens with zero attached hydrogens (tertiary/aromatic N) is 1. The number of carbonyl (C=O) groups excluding carboxylic acids is 1. The summed E-state index contributed by atoms with van der Waals surface area (Å²) < 4.78 is 4.58. The lowest BCUT2D eigenvalue weighted by Crippen LogP contribution is -2.27. The molecule has 1 amide bonds. The number of fused-ring (bicyclic) bond motifs is 1. The van der Waals surface area contributed by atoms with Crippen LogP contribution in [0.3, 0.4) is 0 Å². The molecule has 2 aliphatic heterocycles.